The molecule has 6 heteroatoms. The number of pyridine rings is 1. The summed E-state index contributed by atoms with van der Waals surface area (Å²) in [4.78, 5) is 19.1. The van der Waals surface area contributed by atoms with Crippen molar-refractivity contribution in [3.8, 4) is 0 Å². The number of allylic oxidation sites excluding steroid dienone is 2. The fraction of sp³-hybridized carbons (Fsp3) is 0.143. The lowest BCUT2D eigenvalue weighted by Crippen LogP contribution is -2.12. The van der Waals surface area contributed by atoms with Crippen molar-refractivity contribution >= 4 is 27.5 Å². The van der Waals surface area contributed by atoms with Crippen LogP contribution in [0.15, 0.2) is 53.3 Å². The van der Waals surface area contributed by atoms with Gasteiger partial charge in [-0.1, -0.05) is 18.2 Å². The Morgan fingerprint density at radius 2 is 2.00 bits per heavy atom. The standard InChI is InChI=1S/C21H17F2N3O/c1-3-12(2)21-24-16-6-4-5-7-17(16)26(21)11-13-10-18(27)25-20-14(13)8-9-15(22)19(20)23/h3-10H,11H2,1-2H3,(H,25,27)/b12-3+. The lowest BCUT2D eigenvalue weighted by atomic mass is 10.1. The van der Waals surface area contributed by atoms with E-state index >= 15 is 0 Å². The second kappa shape index (κ2) is 6.46. The molecule has 0 unspecified atom stereocenters. The molecule has 2 heterocycles. The fourth-order valence-electron chi connectivity index (χ4n) is 3.30. The van der Waals surface area contributed by atoms with E-state index in [9.17, 15) is 13.6 Å². The molecular formula is C21H17F2N3O. The number of para-hydroxylation sites is 2. The van der Waals surface area contributed by atoms with Crippen molar-refractivity contribution in [2.24, 2.45) is 0 Å². The van der Waals surface area contributed by atoms with Gasteiger partial charge in [0.15, 0.2) is 11.6 Å². The van der Waals surface area contributed by atoms with Gasteiger partial charge < -0.3 is 9.55 Å². The molecule has 4 aromatic rings. The van der Waals surface area contributed by atoms with Crippen LogP contribution in [0.4, 0.5) is 8.78 Å². The predicted octanol–water partition coefficient (Wildman–Crippen LogP) is 4.63. The predicted molar refractivity (Wildman–Crippen MR) is 103 cm³/mol. The molecule has 0 saturated heterocycles. The smallest absolute Gasteiger partial charge is 0.248 e. The van der Waals surface area contributed by atoms with Gasteiger partial charge in [-0.3, -0.25) is 4.79 Å². The lowest BCUT2D eigenvalue weighted by Gasteiger charge is -2.12. The summed E-state index contributed by atoms with van der Waals surface area (Å²) in [5.41, 5.74) is 2.73. The summed E-state index contributed by atoms with van der Waals surface area (Å²) < 4.78 is 29.8. The highest BCUT2D eigenvalue weighted by molar-refractivity contribution is 5.84. The van der Waals surface area contributed by atoms with Gasteiger partial charge in [-0.2, -0.15) is 0 Å². The zero-order valence-electron chi connectivity index (χ0n) is 14.9. The van der Waals surface area contributed by atoms with E-state index in [0.717, 1.165) is 28.5 Å². The molecule has 2 aromatic carbocycles. The van der Waals surface area contributed by atoms with Crippen LogP contribution in [0, 0.1) is 11.6 Å². The highest BCUT2D eigenvalue weighted by atomic mass is 19.2. The fourth-order valence-corrected chi connectivity index (χ4v) is 3.30. The number of imidazole rings is 1. The highest BCUT2D eigenvalue weighted by Gasteiger charge is 2.16. The molecule has 0 aliphatic rings. The van der Waals surface area contributed by atoms with E-state index in [1.165, 1.54) is 12.1 Å². The Morgan fingerprint density at radius 3 is 2.78 bits per heavy atom. The molecule has 136 valence electrons. The van der Waals surface area contributed by atoms with Crippen LogP contribution in [0.3, 0.4) is 0 Å². The van der Waals surface area contributed by atoms with Gasteiger partial charge in [-0.15, -0.1) is 0 Å². The minimum Gasteiger partial charge on any atom is -0.320 e. The van der Waals surface area contributed by atoms with Gasteiger partial charge in [0.05, 0.1) is 23.1 Å². The zero-order chi connectivity index (χ0) is 19.1. The molecule has 0 fully saturated rings. The third-order valence-corrected chi connectivity index (χ3v) is 4.76. The van der Waals surface area contributed by atoms with Crippen LogP contribution in [-0.4, -0.2) is 14.5 Å². The molecular weight excluding hydrogens is 348 g/mol. The average molecular weight is 365 g/mol. The topological polar surface area (TPSA) is 50.7 Å². The van der Waals surface area contributed by atoms with Crippen LogP contribution in [0.2, 0.25) is 0 Å². The van der Waals surface area contributed by atoms with Gasteiger partial charge in [0.2, 0.25) is 5.56 Å². The average Bonchev–Trinajstić information content (AvgIpc) is 3.03. The van der Waals surface area contributed by atoms with Gasteiger partial charge in [0.25, 0.3) is 0 Å². The third kappa shape index (κ3) is 2.83. The van der Waals surface area contributed by atoms with E-state index in [4.69, 9.17) is 0 Å². The van der Waals surface area contributed by atoms with Crippen LogP contribution in [0.25, 0.3) is 27.5 Å². The Balaban J connectivity index is 1.98. The van der Waals surface area contributed by atoms with E-state index in [0.29, 0.717) is 17.5 Å². The number of aromatic nitrogens is 3. The van der Waals surface area contributed by atoms with Crippen molar-refractivity contribution < 1.29 is 8.78 Å². The first-order valence-corrected chi connectivity index (χ1v) is 8.58. The van der Waals surface area contributed by atoms with Crippen molar-refractivity contribution in [2.75, 3.05) is 0 Å². The quantitative estimate of drug-likeness (QED) is 0.576. The number of hydrogen-bond acceptors (Lipinski definition) is 2. The number of benzene rings is 2. The Morgan fingerprint density at radius 1 is 1.22 bits per heavy atom. The van der Waals surface area contributed by atoms with Crippen LogP contribution in [0.5, 0.6) is 0 Å². The number of H-pyrrole nitrogens is 1. The van der Waals surface area contributed by atoms with Crippen molar-refractivity contribution in [2.45, 2.75) is 20.4 Å². The van der Waals surface area contributed by atoms with Gasteiger partial charge in [-0.05, 0) is 49.2 Å². The number of rotatable bonds is 3. The highest BCUT2D eigenvalue weighted by Crippen LogP contribution is 2.26. The molecule has 0 bridgehead atoms. The third-order valence-electron chi connectivity index (χ3n) is 4.76. The van der Waals surface area contributed by atoms with E-state index in [-0.39, 0.29) is 5.52 Å². The van der Waals surface area contributed by atoms with Crippen molar-refractivity contribution in [1.29, 1.82) is 0 Å². The zero-order valence-corrected chi connectivity index (χ0v) is 14.9. The molecule has 27 heavy (non-hydrogen) atoms. The molecule has 0 radical (unpaired) electrons. The SMILES string of the molecule is C/C=C(\C)c1nc2ccccc2n1Cc1cc(=O)[nH]c2c(F)c(F)ccc12. The molecule has 0 saturated carbocycles. The van der Waals surface area contributed by atoms with Crippen molar-refractivity contribution in [3.05, 3.63) is 81.9 Å². The lowest BCUT2D eigenvalue weighted by molar-refractivity contribution is 0.515. The Bertz CT molecular complexity index is 1270. The van der Waals surface area contributed by atoms with Gasteiger partial charge in [0.1, 0.15) is 5.82 Å². The van der Waals surface area contributed by atoms with Crippen molar-refractivity contribution in [1.82, 2.24) is 14.5 Å². The maximum absolute atomic E-state index is 14.2. The van der Waals surface area contributed by atoms with Crippen LogP contribution in [0.1, 0.15) is 25.2 Å². The molecule has 0 aliphatic carbocycles. The number of hydrogen-bond donors (Lipinski definition) is 1. The molecule has 4 nitrogen and oxygen atoms in total. The van der Waals surface area contributed by atoms with Gasteiger partial charge >= 0.3 is 0 Å². The molecule has 0 aliphatic heterocycles. The first-order valence-electron chi connectivity index (χ1n) is 8.58. The molecule has 1 N–H and O–H groups in total. The minimum atomic E-state index is -1.05. The van der Waals surface area contributed by atoms with Gasteiger partial charge in [-0.25, -0.2) is 13.8 Å². The van der Waals surface area contributed by atoms with Crippen LogP contribution in [-0.2, 0) is 6.54 Å². The monoisotopic (exact) mass is 365 g/mol. The Kier molecular flexibility index (Phi) is 4.11. The molecule has 0 amide bonds. The summed E-state index contributed by atoms with van der Waals surface area (Å²) in [5, 5.41) is 0.468. The number of nitrogens with zero attached hydrogens (tertiary/aromatic N) is 2. The maximum Gasteiger partial charge on any atom is 0.248 e. The van der Waals surface area contributed by atoms with Crippen LogP contribution < -0.4 is 5.56 Å². The Labute approximate surface area is 153 Å². The summed E-state index contributed by atoms with van der Waals surface area (Å²) in [6.07, 6.45) is 1.96. The van der Waals surface area contributed by atoms with E-state index in [1.807, 2.05) is 48.8 Å². The summed E-state index contributed by atoms with van der Waals surface area (Å²) in [5.74, 6) is -1.27. The first-order chi connectivity index (χ1) is 13.0. The molecule has 0 spiro atoms. The summed E-state index contributed by atoms with van der Waals surface area (Å²) in [6, 6.07) is 11.7. The number of aromatic amines is 1. The second-order valence-corrected chi connectivity index (χ2v) is 6.42. The molecule has 4 rings (SSSR count). The Hall–Kier alpha value is -3.28. The van der Waals surface area contributed by atoms with Gasteiger partial charge in [0, 0.05) is 11.5 Å². The normalized spacial score (nSPS) is 12.2. The van der Waals surface area contributed by atoms with Crippen molar-refractivity contribution in [3.63, 3.8) is 0 Å². The van der Waals surface area contributed by atoms with Crippen LogP contribution >= 0.6 is 0 Å². The molecule has 2 aromatic heterocycles. The number of halogens is 2. The summed E-state index contributed by atoms with van der Waals surface area (Å²) >= 11 is 0. The van der Waals surface area contributed by atoms with E-state index in [2.05, 4.69) is 9.97 Å². The largest absolute Gasteiger partial charge is 0.320 e. The summed E-state index contributed by atoms with van der Waals surface area (Å²) in [7, 11) is 0. The molecule has 0 atom stereocenters. The maximum atomic E-state index is 14.2. The number of fused-ring (bicyclic) bond motifs is 2. The minimum absolute atomic E-state index is 0.119. The van der Waals surface area contributed by atoms with E-state index in [1.54, 1.807) is 0 Å². The summed E-state index contributed by atoms with van der Waals surface area (Å²) in [6.45, 7) is 4.20. The first kappa shape index (κ1) is 17.1. The second-order valence-electron chi connectivity index (χ2n) is 6.42. The van der Waals surface area contributed by atoms with E-state index < -0.39 is 17.2 Å². The number of nitrogens with one attached hydrogen (secondary N) is 1.